The molecule has 10 heterocycles. The summed E-state index contributed by atoms with van der Waals surface area (Å²) in [6, 6.07) is 40.8. The number of aromatic nitrogens is 20. The number of esters is 2. The van der Waals surface area contributed by atoms with Gasteiger partial charge in [0.1, 0.15) is 45.7 Å². The number of imidazole rings is 2. The van der Waals surface area contributed by atoms with Crippen LogP contribution in [-0.2, 0) is 63.9 Å². The number of nitrogen functional groups attached to an aromatic ring is 4. The number of aldehydes is 1. The van der Waals surface area contributed by atoms with Gasteiger partial charge in [-0.1, -0.05) is 33.9 Å². The first-order chi connectivity index (χ1) is 62.7. The normalized spacial score (nSPS) is 9.78. The third-order valence-electron chi connectivity index (χ3n) is 17.7. The number of rotatable bonds is 8. The van der Waals surface area contributed by atoms with Gasteiger partial charge in [-0.25, -0.2) is 26.0 Å². The average Bonchev–Trinajstić information content (AvgIpc) is 1.61. The number of nitro groups is 3. The quantitative estimate of drug-likeness (QED) is 0.00997. The summed E-state index contributed by atoms with van der Waals surface area (Å²) < 4.78 is 24.4. The van der Waals surface area contributed by atoms with Gasteiger partial charge in [0.25, 0.3) is 11.4 Å². The van der Waals surface area contributed by atoms with E-state index in [2.05, 4.69) is 124 Å². The summed E-state index contributed by atoms with van der Waals surface area (Å²) in [4.78, 5) is 135. The number of hydrogen-bond acceptors (Lipinski definition) is 39. The van der Waals surface area contributed by atoms with Crippen LogP contribution in [0.15, 0.2) is 239 Å². The number of benzene rings is 9. The van der Waals surface area contributed by atoms with Crippen molar-refractivity contribution < 1.29 is 68.4 Å². The van der Waals surface area contributed by atoms with Gasteiger partial charge < -0.3 is 58.0 Å². The van der Waals surface area contributed by atoms with Crippen molar-refractivity contribution in [1.29, 1.82) is 11.1 Å². The van der Waals surface area contributed by atoms with Crippen molar-refractivity contribution in [3.8, 4) is 0 Å². The first-order valence-corrected chi connectivity index (χ1v) is 38.9. The number of carbonyl (C=O) groups excluding carboxylic acids is 3. The molecule has 687 valence electrons. The van der Waals surface area contributed by atoms with Crippen LogP contribution in [0.3, 0.4) is 0 Å². The molecule has 0 atom stereocenters. The third-order valence-corrected chi connectivity index (χ3v) is 17.7. The topological polar surface area (TPSA) is 693 Å². The zero-order valence-electron chi connectivity index (χ0n) is 70.8. The van der Waals surface area contributed by atoms with E-state index in [9.17, 15) is 49.8 Å². The SMILES string of the molecule is C.C.CC(=O)OC(C)=O.CCc1ccc2nccnc2c1.CNc1ccc2nccnc2c1N.CNc1ccc2nccnc2c1[N+](=O)[O-].Cc1ccc2nccnc2c1.Cn1c(C=O)nc2c3nccnc3ccc21.Cn1c(CO)nc2c3nccnc3ccc21.N=N.Nc1ccc([N+](=O)[O-])cc1N.Nc1ccc2nccnc2c1.O.O=[N+]([O-])c1ccc2nccnc2c1.[HH].[O]=[Mn]=[O]. The molecule has 0 saturated carbocycles. The van der Waals surface area contributed by atoms with Gasteiger partial charge in [0, 0.05) is 173 Å². The molecule has 15 N–H and O–H groups in total. The summed E-state index contributed by atoms with van der Waals surface area (Å²) >= 11 is -1.44. The summed E-state index contributed by atoms with van der Waals surface area (Å²) in [6.45, 7) is 6.47. The second-order valence-electron chi connectivity index (χ2n) is 26.0. The Morgan fingerprint density at radius 3 is 1.26 bits per heavy atom. The van der Waals surface area contributed by atoms with Gasteiger partial charge in [0.2, 0.25) is 0 Å². The van der Waals surface area contributed by atoms with Gasteiger partial charge in [-0.05, 0) is 128 Å². The van der Waals surface area contributed by atoms with Gasteiger partial charge in [-0.15, -0.1) is 0 Å². The number of nitrogens with one attached hydrogen (secondary N) is 4. The van der Waals surface area contributed by atoms with Crippen molar-refractivity contribution in [3.63, 3.8) is 0 Å². The van der Waals surface area contributed by atoms with Gasteiger partial charge in [0.15, 0.2) is 17.6 Å². The van der Waals surface area contributed by atoms with Gasteiger partial charge in [-0.3, -0.25) is 119 Å². The monoisotopic (exact) mass is 1850 g/mol. The molecule has 0 amide bonds. The molecular weight excluding hydrogens is 1760 g/mol. The second kappa shape index (κ2) is 52.9. The van der Waals surface area contributed by atoms with Crippen LogP contribution in [0.2, 0.25) is 0 Å². The molecule has 0 aliphatic carbocycles. The predicted molar refractivity (Wildman–Crippen MR) is 502 cm³/mol. The Kier molecular flexibility index (Phi) is 42.0. The first-order valence-electron chi connectivity index (χ1n) is 37.9. The number of non-ortho nitro benzene ring substituents is 2. The Labute approximate surface area is 763 Å². The van der Waals surface area contributed by atoms with Crippen molar-refractivity contribution in [1.82, 2.24) is 98.8 Å². The maximum absolute atomic E-state index is 10.9. The molecule has 0 bridgehead atoms. The van der Waals surface area contributed by atoms with Crippen molar-refractivity contribution in [2.75, 3.05) is 47.7 Å². The number of aryl methyl sites for hydroxylation is 4. The summed E-state index contributed by atoms with van der Waals surface area (Å²) in [5.41, 5.74) is 53.5. The fraction of sp³-hybridized carbons (Fsp3) is 0.138. The molecule has 0 fully saturated rings. The Bertz CT molecular complexity index is 7170. The first kappa shape index (κ1) is 106. The number of nitro benzene ring substituents is 3. The minimum absolute atomic E-state index is 0. The molecule has 133 heavy (non-hydrogen) atoms. The van der Waals surface area contributed by atoms with Crippen molar-refractivity contribution >= 4 is 180 Å². The van der Waals surface area contributed by atoms with Gasteiger partial charge >= 0.3 is 40.1 Å². The minimum atomic E-state index is -1.44. The van der Waals surface area contributed by atoms with Crippen LogP contribution < -0.4 is 33.6 Å². The molecule has 0 radical (unpaired) electrons. The molecule has 0 saturated heterocycles. The van der Waals surface area contributed by atoms with Crippen molar-refractivity contribution in [3.05, 3.63) is 292 Å². The number of anilines is 6. The Morgan fingerprint density at radius 2 is 0.812 bits per heavy atom. The van der Waals surface area contributed by atoms with E-state index in [0.29, 0.717) is 50.8 Å². The van der Waals surface area contributed by atoms with Crippen molar-refractivity contribution in [2.45, 2.75) is 55.6 Å². The molecular formula is C87H93MnN31O14. The van der Waals surface area contributed by atoms with E-state index in [4.69, 9.17) is 41.7 Å². The van der Waals surface area contributed by atoms with Crippen molar-refractivity contribution in [2.24, 2.45) is 14.1 Å². The van der Waals surface area contributed by atoms with E-state index in [1.807, 2.05) is 104 Å². The number of fused-ring (bicyclic) bond motifs is 12. The van der Waals surface area contributed by atoms with Gasteiger partial charge in [-0.2, -0.15) is 0 Å². The van der Waals surface area contributed by atoms with Crippen LogP contribution >= 0.6 is 0 Å². The number of aliphatic hydroxyl groups is 1. The third kappa shape index (κ3) is 29.3. The standard InChI is InChI=1S/C11H10N4O.C11H8N4O.C10H10N2.C9H8N4O2.C9H10N4.C9H8N2.C8H5N3O2.C8H7N3.C6H7N3O2.C4H6O3.2CH4.Mn.H2N2.H2O.2O.H2/c2*1-15-8-3-2-7-10(13-5-4-12-7)11(8)14-9(15)6-16;1-2-8-3-4-9-10(7-8)12-6-5-11-9;1-10-7-3-2-6-8(9(7)13(14)15)12-5-4-11-6;1-11-6-2-3-7-9(8(6)10)13-5-4-12-7;1-7-2-3-8-9(6-7)11-5-4-10-8;12-11(13)6-1-2-7-8(5-6)10-4-3-9-7;9-6-1-2-7-8(5-6)11-4-3-10-7;7-5-2-1-4(9(10)11)3-6(5)8;1-3(5)7-4(2)6;;;;1-2;;;;/h2-5,16H,6H2,1H3;2-6H,1H3;3-7H,2H2,1H3;2-5,10H,1H3;2-5,11H,10H2,1H3;2-6H,1H3;1-5H;1-5H,9H2;1-3H,7-8H2;1-2H3;2*1H4;;1-2H;1H2;;;1H. The number of nitrogens with two attached hydrogens (primary N) is 4. The van der Waals surface area contributed by atoms with Crippen LogP contribution in [0, 0.1) is 48.3 Å². The van der Waals surface area contributed by atoms with Crippen LogP contribution in [-0.4, -0.2) is 157 Å². The Hall–Kier alpha value is -17.9. The molecule has 19 rings (SSSR count). The molecule has 0 aliphatic heterocycles. The van der Waals surface area contributed by atoms with E-state index in [-0.39, 0.29) is 51.1 Å². The second-order valence-corrected chi connectivity index (χ2v) is 26.2. The van der Waals surface area contributed by atoms with Crippen LogP contribution in [0.5, 0.6) is 0 Å². The summed E-state index contributed by atoms with van der Waals surface area (Å²) in [5.74, 6) is -0.0960. The summed E-state index contributed by atoms with van der Waals surface area (Å²) in [7, 11) is 7.14. The van der Waals surface area contributed by atoms with E-state index >= 15 is 0 Å². The number of hydrogen-bond donors (Lipinski definition) is 9. The molecule has 9 aromatic carbocycles. The molecule has 19 aromatic rings. The van der Waals surface area contributed by atoms with Crippen LogP contribution in [0.1, 0.15) is 64.6 Å². The van der Waals surface area contributed by atoms with E-state index in [1.54, 1.807) is 117 Å². The fourth-order valence-corrected chi connectivity index (χ4v) is 11.6. The predicted octanol–water partition coefficient (Wildman–Crippen LogP) is 14.0. The molecule has 0 spiro atoms. The molecule has 46 heteroatoms. The fourth-order valence-electron chi connectivity index (χ4n) is 11.6. The number of nitrogens with zero attached hydrogens (tertiary/aromatic N) is 23. The molecule has 10 aromatic heterocycles. The maximum atomic E-state index is 10.9. The Morgan fingerprint density at radius 1 is 0.451 bits per heavy atom. The molecule has 45 nitrogen and oxygen atoms in total. The average molecular weight is 1850 g/mol. The number of ether oxygens (including phenoxy) is 1. The summed E-state index contributed by atoms with van der Waals surface area (Å²) in [6.07, 6.45) is 27.8. The number of carbonyl (C=O) groups is 3. The number of aliphatic hydroxyl groups excluding tert-OH is 1. The van der Waals surface area contributed by atoms with Crippen LogP contribution in [0.4, 0.5) is 51.2 Å². The molecule has 0 unspecified atom stereocenters. The zero-order valence-corrected chi connectivity index (χ0v) is 72.0. The van der Waals surface area contributed by atoms with E-state index < -0.39 is 41.5 Å². The van der Waals surface area contributed by atoms with E-state index in [1.165, 1.54) is 73.9 Å². The van der Waals surface area contributed by atoms with Crippen LogP contribution in [0.25, 0.3) is 110 Å². The van der Waals surface area contributed by atoms with E-state index in [0.717, 1.165) is 112 Å². The Balaban J connectivity index is 0.000000310. The summed E-state index contributed by atoms with van der Waals surface area (Å²) in [5, 5.41) is 46.4. The van der Waals surface area contributed by atoms with Gasteiger partial charge in [0.05, 0.1) is 115 Å². The zero-order chi connectivity index (χ0) is 94.3. The molecule has 0 aliphatic rings.